The van der Waals surface area contributed by atoms with Gasteiger partial charge in [-0.1, -0.05) is 24.6 Å². The number of hydrogen-bond acceptors (Lipinski definition) is 3. The Bertz CT molecular complexity index is 408. The van der Waals surface area contributed by atoms with Crippen molar-refractivity contribution in [3.63, 3.8) is 0 Å². The third-order valence-corrected chi connectivity index (χ3v) is 4.06. The first-order chi connectivity index (χ1) is 7.82. The quantitative estimate of drug-likeness (QED) is 0.823. The summed E-state index contributed by atoms with van der Waals surface area (Å²) in [7, 11) is -3.34. The van der Waals surface area contributed by atoms with Crippen LogP contribution in [0.1, 0.15) is 19.3 Å². The smallest absolute Gasteiger partial charge is 0.238 e. The third kappa shape index (κ3) is 4.29. The number of hydrogen-bond donors (Lipinski definition) is 1. The molecule has 1 rings (SSSR count). The van der Waals surface area contributed by atoms with Crippen molar-refractivity contribution in [2.75, 3.05) is 19.3 Å². The molecule has 17 heavy (non-hydrogen) atoms. The van der Waals surface area contributed by atoms with Crippen molar-refractivity contribution in [2.45, 2.75) is 25.3 Å². The molecule has 0 aromatic carbocycles. The highest BCUT2D eigenvalue weighted by Gasteiger charge is 2.34. The Hall–Kier alpha value is -0.590. The molecule has 1 saturated heterocycles. The Labute approximate surface area is 107 Å². The lowest BCUT2D eigenvalue weighted by molar-refractivity contribution is -0.125. The van der Waals surface area contributed by atoms with Gasteiger partial charge in [0.05, 0.1) is 12.8 Å². The molecule has 0 saturated carbocycles. The van der Waals surface area contributed by atoms with E-state index in [1.165, 1.54) is 4.31 Å². The van der Waals surface area contributed by atoms with Crippen LogP contribution in [0.4, 0.5) is 0 Å². The van der Waals surface area contributed by atoms with E-state index in [2.05, 4.69) is 11.9 Å². The van der Waals surface area contributed by atoms with Crippen LogP contribution < -0.4 is 5.32 Å². The zero-order chi connectivity index (χ0) is 13.1. The van der Waals surface area contributed by atoms with Gasteiger partial charge < -0.3 is 5.32 Å². The summed E-state index contributed by atoms with van der Waals surface area (Å²) in [5.41, 5.74) is 0. The highest BCUT2D eigenvalue weighted by Crippen LogP contribution is 2.19. The molecule has 5 nitrogen and oxygen atoms in total. The molecule has 0 aromatic heterocycles. The van der Waals surface area contributed by atoms with Gasteiger partial charge in [-0.2, -0.15) is 4.31 Å². The Kier molecular flexibility index (Phi) is 4.97. The predicted octanol–water partition coefficient (Wildman–Crippen LogP) is 0.669. The number of nitrogens with zero attached hydrogens (tertiary/aromatic N) is 1. The van der Waals surface area contributed by atoms with Gasteiger partial charge in [-0.15, -0.1) is 0 Å². The van der Waals surface area contributed by atoms with Gasteiger partial charge in [-0.3, -0.25) is 4.79 Å². The molecular formula is C10H17ClN2O3S. The minimum atomic E-state index is -3.34. The second kappa shape index (κ2) is 5.84. The van der Waals surface area contributed by atoms with Crippen molar-refractivity contribution in [3.05, 3.63) is 11.6 Å². The topological polar surface area (TPSA) is 66.5 Å². The standard InChI is InChI=1S/C10H17ClN2O3S/c1-8(11)7-12-10(14)9-5-3-4-6-13(9)17(2,15)16/h9H,1,3-7H2,2H3,(H,12,14). The number of carbonyl (C=O) groups excluding carboxylic acids is 1. The van der Waals surface area contributed by atoms with Gasteiger partial charge in [-0.05, 0) is 12.8 Å². The Morgan fingerprint density at radius 3 is 2.71 bits per heavy atom. The van der Waals surface area contributed by atoms with Gasteiger partial charge in [0.1, 0.15) is 6.04 Å². The highest BCUT2D eigenvalue weighted by molar-refractivity contribution is 7.88. The molecule has 98 valence electrons. The molecule has 1 heterocycles. The van der Waals surface area contributed by atoms with Crippen LogP contribution in [0, 0.1) is 0 Å². The van der Waals surface area contributed by atoms with Crippen LogP contribution in [0.25, 0.3) is 0 Å². The van der Waals surface area contributed by atoms with Crippen molar-refractivity contribution in [1.82, 2.24) is 9.62 Å². The number of sulfonamides is 1. The minimum Gasteiger partial charge on any atom is -0.350 e. The van der Waals surface area contributed by atoms with E-state index < -0.39 is 16.1 Å². The van der Waals surface area contributed by atoms with Crippen LogP contribution >= 0.6 is 11.6 Å². The highest BCUT2D eigenvalue weighted by atomic mass is 35.5. The van der Waals surface area contributed by atoms with E-state index in [-0.39, 0.29) is 12.5 Å². The van der Waals surface area contributed by atoms with Crippen LogP contribution in [0.3, 0.4) is 0 Å². The lowest BCUT2D eigenvalue weighted by Gasteiger charge is -2.32. The first-order valence-corrected chi connectivity index (χ1v) is 7.63. The maximum Gasteiger partial charge on any atom is 0.238 e. The number of nitrogens with one attached hydrogen (secondary N) is 1. The molecule has 1 aliphatic rings. The lowest BCUT2D eigenvalue weighted by atomic mass is 10.0. The Balaban J connectivity index is 2.71. The molecule has 7 heteroatoms. The van der Waals surface area contributed by atoms with Crippen molar-refractivity contribution < 1.29 is 13.2 Å². The van der Waals surface area contributed by atoms with Crippen LogP contribution in [-0.4, -0.2) is 44.0 Å². The second-order valence-electron chi connectivity index (χ2n) is 4.12. The van der Waals surface area contributed by atoms with E-state index in [0.29, 0.717) is 18.0 Å². The van der Waals surface area contributed by atoms with Gasteiger partial charge in [0, 0.05) is 11.6 Å². The number of piperidine rings is 1. The van der Waals surface area contributed by atoms with Crippen molar-refractivity contribution in [3.8, 4) is 0 Å². The summed E-state index contributed by atoms with van der Waals surface area (Å²) in [5, 5.41) is 2.90. The molecule has 0 aromatic rings. The molecule has 1 aliphatic heterocycles. The van der Waals surface area contributed by atoms with Crippen molar-refractivity contribution in [1.29, 1.82) is 0 Å². The molecule has 1 fully saturated rings. The molecule has 1 N–H and O–H groups in total. The number of rotatable bonds is 4. The van der Waals surface area contributed by atoms with Crippen molar-refractivity contribution in [2.24, 2.45) is 0 Å². The largest absolute Gasteiger partial charge is 0.350 e. The van der Waals surface area contributed by atoms with Crippen LogP contribution in [0.15, 0.2) is 11.6 Å². The maximum atomic E-state index is 11.8. The SMILES string of the molecule is C=C(Cl)CNC(=O)C1CCCCN1S(C)(=O)=O. The van der Waals surface area contributed by atoms with Gasteiger partial charge in [0.15, 0.2) is 0 Å². The van der Waals surface area contributed by atoms with E-state index in [1.54, 1.807) is 0 Å². The fourth-order valence-corrected chi connectivity index (χ4v) is 3.06. The van der Waals surface area contributed by atoms with E-state index in [1.807, 2.05) is 0 Å². The molecule has 1 amide bonds. The predicted molar refractivity (Wildman–Crippen MR) is 67.2 cm³/mol. The monoisotopic (exact) mass is 280 g/mol. The van der Waals surface area contributed by atoms with Gasteiger partial charge in [0.2, 0.25) is 15.9 Å². The van der Waals surface area contributed by atoms with Crippen molar-refractivity contribution >= 4 is 27.5 Å². The average molecular weight is 281 g/mol. The summed E-state index contributed by atoms with van der Waals surface area (Å²) in [5.74, 6) is -0.308. The minimum absolute atomic E-state index is 0.161. The fourth-order valence-electron chi connectivity index (χ4n) is 1.86. The first kappa shape index (κ1) is 14.5. The first-order valence-electron chi connectivity index (χ1n) is 5.40. The number of amides is 1. The van der Waals surface area contributed by atoms with E-state index in [4.69, 9.17) is 11.6 Å². The summed E-state index contributed by atoms with van der Waals surface area (Å²) < 4.78 is 24.3. The van der Waals surface area contributed by atoms with E-state index >= 15 is 0 Å². The van der Waals surface area contributed by atoms with Crippen LogP contribution in [-0.2, 0) is 14.8 Å². The molecule has 0 radical (unpaired) electrons. The summed E-state index contributed by atoms with van der Waals surface area (Å²) in [4.78, 5) is 11.8. The number of carbonyl (C=O) groups is 1. The maximum absolute atomic E-state index is 11.8. The normalized spacial score (nSPS) is 22.1. The molecule has 0 spiro atoms. The molecule has 1 atom stereocenters. The van der Waals surface area contributed by atoms with E-state index in [0.717, 1.165) is 19.1 Å². The summed E-state index contributed by atoms with van der Waals surface area (Å²) in [6, 6.07) is -0.616. The molecule has 0 bridgehead atoms. The lowest BCUT2D eigenvalue weighted by Crippen LogP contribution is -2.51. The fraction of sp³-hybridized carbons (Fsp3) is 0.700. The summed E-state index contributed by atoms with van der Waals surface area (Å²) in [6.07, 6.45) is 3.32. The number of halogens is 1. The van der Waals surface area contributed by atoms with Gasteiger partial charge in [0.25, 0.3) is 0 Å². The molecule has 0 aliphatic carbocycles. The Morgan fingerprint density at radius 1 is 1.53 bits per heavy atom. The van der Waals surface area contributed by atoms with Gasteiger partial charge >= 0.3 is 0 Å². The molecule has 1 unspecified atom stereocenters. The summed E-state index contributed by atoms with van der Waals surface area (Å²) >= 11 is 5.55. The van der Waals surface area contributed by atoms with E-state index in [9.17, 15) is 13.2 Å². The van der Waals surface area contributed by atoms with Crippen LogP contribution in [0.5, 0.6) is 0 Å². The molecular weight excluding hydrogens is 264 g/mol. The third-order valence-electron chi connectivity index (χ3n) is 2.64. The summed E-state index contributed by atoms with van der Waals surface area (Å²) in [6.45, 7) is 4.02. The second-order valence-corrected chi connectivity index (χ2v) is 6.59. The zero-order valence-corrected chi connectivity index (χ0v) is 11.4. The average Bonchev–Trinajstić information content (AvgIpc) is 2.24. The zero-order valence-electron chi connectivity index (χ0n) is 9.78. The Morgan fingerprint density at radius 2 is 2.18 bits per heavy atom. The van der Waals surface area contributed by atoms with Crippen LogP contribution in [0.2, 0.25) is 0 Å². The van der Waals surface area contributed by atoms with Gasteiger partial charge in [-0.25, -0.2) is 8.42 Å².